The van der Waals surface area contributed by atoms with Gasteiger partial charge in [0.25, 0.3) is 0 Å². The van der Waals surface area contributed by atoms with Gasteiger partial charge in [0, 0.05) is 6.21 Å². The summed E-state index contributed by atoms with van der Waals surface area (Å²) in [5, 5.41) is 3.55. The summed E-state index contributed by atoms with van der Waals surface area (Å²) in [6.45, 7) is 1.90. The lowest BCUT2D eigenvalue weighted by Crippen LogP contribution is -2.67. The van der Waals surface area contributed by atoms with E-state index in [2.05, 4.69) is 9.99 Å². The molecule has 0 fully saturated rings. The standard InChI is InChI=1S/C8H10F6N2O2/c1-3-6(7(9,10)11,8(12,13)14)16-5(17)18-15-4-2/h4H,3H2,1-2H3,(H,16,17). The van der Waals surface area contributed by atoms with Crippen molar-refractivity contribution in [1.82, 2.24) is 5.32 Å². The molecule has 0 saturated heterocycles. The van der Waals surface area contributed by atoms with Crippen LogP contribution < -0.4 is 5.32 Å². The average Bonchev–Trinajstić information content (AvgIpc) is 2.19. The third-order valence-electron chi connectivity index (χ3n) is 2.05. The molecular weight excluding hydrogens is 270 g/mol. The summed E-state index contributed by atoms with van der Waals surface area (Å²) in [7, 11) is 0. The van der Waals surface area contributed by atoms with Crippen molar-refractivity contribution in [3.8, 4) is 0 Å². The van der Waals surface area contributed by atoms with Crippen LogP contribution in [0.5, 0.6) is 0 Å². The van der Waals surface area contributed by atoms with Crippen LogP contribution in [0.25, 0.3) is 0 Å². The molecule has 1 amide bonds. The second-order valence-corrected chi connectivity index (χ2v) is 3.12. The van der Waals surface area contributed by atoms with Crippen molar-refractivity contribution >= 4 is 12.3 Å². The first kappa shape index (κ1) is 16.5. The second-order valence-electron chi connectivity index (χ2n) is 3.12. The lowest BCUT2D eigenvalue weighted by atomic mass is 9.94. The Labute approximate surface area is 98.0 Å². The monoisotopic (exact) mass is 280 g/mol. The van der Waals surface area contributed by atoms with E-state index in [1.54, 1.807) is 0 Å². The van der Waals surface area contributed by atoms with Crippen molar-refractivity contribution in [3.05, 3.63) is 0 Å². The van der Waals surface area contributed by atoms with Crippen LogP contribution in [0.2, 0.25) is 0 Å². The molecule has 18 heavy (non-hydrogen) atoms. The van der Waals surface area contributed by atoms with Gasteiger partial charge >= 0.3 is 18.4 Å². The fraction of sp³-hybridized carbons (Fsp3) is 0.750. The molecule has 0 heterocycles. The summed E-state index contributed by atoms with van der Waals surface area (Å²) in [6.07, 6.45) is -13.9. The van der Waals surface area contributed by atoms with Crippen molar-refractivity contribution in [3.63, 3.8) is 0 Å². The van der Waals surface area contributed by atoms with Crippen LogP contribution in [0, 0.1) is 0 Å². The predicted octanol–water partition coefficient (Wildman–Crippen LogP) is 2.99. The van der Waals surface area contributed by atoms with Crippen molar-refractivity contribution in [2.45, 2.75) is 38.2 Å². The molecule has 0 saturated carbocycles. The topological polar surface area (TPSA) is 50.7 Å². The highest BCUT2D eigenvalue weighted by Crippen LogP contribution is 2.45. The van der Waals surface area contributed by atoms with Crippen LogP contribution in [-0.2, 0) is 4.84 Å². The summed E-state index contributed by atoms with van der Waals surface area (Å²) in [5.74, 6) is 0. The number of alkyl halides is 6. The maximum Gasteiger partial charge on any atom is 0.434 e. The molecule has 10 heteroatoms. The molecule has 106 valence electrons. The van der Waals surface area contributed by atoms with E-state index in [0.717, 1.165) is 11.5 Å². The van der Waals surface area contributed by atoms with Crippen molar-refractivity contribution in [2.24, 2.45) is 5.16 Å². The summed E-state index contributed by atoms with van der Waals surface area (Å²) >= 11 is 0. The molecule has 0 radical (unpaired) electrons. The molecule has 0 aliphatic heterocycles. The summed E-state index contributed by atoms with van der Waals surface area (Å²) < 4.78 is 75.2. The number of oxime groups is 1. The maximum absolute atomic E-state index is 12.5. The van der Waals surface area contributed by atoms with Gasteiger partial charge in [0.15, 0.2) is 0 Å². The molecule has 0 atom stereocenters. The quantitative estimate of drug-likeness (QED) is 0.374. The van der Waals surface area contributed by atoms with Gasteiger partial charge in [0.05, 0.1) is 0 Å². The van der Waals surface area contributed by atoms with Gasteiger partial charge in [-0.05, 0) is 13.3 Å². The minimum absolute atomic E-state index is 0.643. The number of carbonyl (C=O) groups excluding carboxylic acids is 1. The fourth-order valence-corrected chi connectivity index (χ4v) is 1.09. The molecule has 0 aromatic rings. The van der Waals surface area contributed by atoms with Crippen molar-refractivity contribution in [2.75, 3.05) is 0 Å². The SMILES string of the molecule is CC=NOC(=O)NC(CC)(C(F)(F)F)C(F)(F)F. The van der Waals surface area contributed by atoms with E-state index in [-0.39, 0.29) is 0 Å². The Bertz CT molecular complexity index is 309. The molecule has 0 aliphatic rings. The first-order valence-electron chi connectivity index (χ1n) is 4.62. The minimum atomic E-state index is -5.71. The number of halogens is 6. The van der Waals surface area contributed by atoms with Crippen LogP contribution in [0.15, 0.2) is 5.16 Å². The van der Waals surface area contributed by atoms with Gasteiger partial charge in [0.1, 0.15) is 0 Å². The first-order valence-corrected chi connectivity index (χ1v) is 4.62. The molecule has 4 nitrogen and oxygen atoms in total. The van der Waals surface area contributed by atoms with Crippen LogP contribution in [0.1, 0.15) is 20.3 Å². The highest BCUT2D eigenvalue weighted by atomic mass is 19.4. The number of hydrogen-bond acceptors (Lipinski definition) is 3. The zero-order chi connectivity index (χ0) is 14.6. The zero-order valence-corrected chi connectivity index (χ0v) is 9.32. The van der Waals surface area contributed by atoms with Gasteiger partial charge in [-0.1, -0.05) is 12.1 Å². The van der Waals surface area contributed by atoms with Gasteiger partial charge in [0.2, 0.25) is 5.54 Å². The molecule has 0 aromatic carbocycles. The molecule has 1 N–H and O–H groups in total. The highest BCUT2D eigenvalue weighted by Gasteiger charge is 2.71. The van der Waals surface area contributed by atoms with Gasteiger partial charge < -0.3 is 0 Å². The maximum atomic E-state index is 12.5. The summed E-state index contributed by atoms with van der Waals surface area (Å²) in [4.78, 5) is 14.6. The number of carbonyl (C=O) groups is 1. The number of nitrogens with zero attached hydrogens (tertiary/aromatic N) is 1. The molecule has 0 spiro atoms. The van der Waals surface area contributed by atoms with E-state index in [1.807, 2.05) is 0 Å². The predicted molar refractivity (Wildman–Crippen MR) is 48.9 cm³/mol. The Morgan fingerprint density at radius 3 is 1.94 bits per heavy atom. The van der Waals surface area contributed by atoms with Crippen LogP contribution in [0.3, 0.4) is 0 Å². The number of nitrogens with one attached hydrogen (secondary N) is 1. The molecule has 0 aliphatic carbocycles. The second kappa shape index (κ2) is 5.44. The summed E-state index contributed by atoms with van der Waals surface area (Å²) in [5.41, 5.74) is -4.36. The van der Waals surface area contributed by atoms with Crippen molar-refractivity contribution < 1.29 is 36.0 Å². The van der Waals surface area contributed by atoms with E-state index < -0.39 is 30.4 Å². The van der Waals surface area contributed by atoms with Gasteiger partial charge in [-0.25, -0.2) is 4.79 Å². The van der Waals surface area contributed by atoms with Gasteiger partial charge in [-0.2, -0.15) is 26.3 Å². The molecule has 0 unspecified atom stereocenters. The van der Waals surface area contributed by atoms with Crippen LogP contribution >= 0.6 is 0 Å². The Balaban J connectivity index is 5.30. The fourth-order valence-electron chi connectivity index (χ4n) is 1.09. The largest absolute Gasteiger partial charge is 0.434 e. The third kappa shape index (κ3) is 3.26. The van der Waals surface area contributed by atoms with E-state index in [4.69, 9.17) is 0 Å². The molecule has 0 bridgehead atoms. The molecular formula is C8H10F6N2O2. The Morgan fingerprint density at radius 2 is 1.67 bits per heavy atom. The summed E-state index contributed by atoms with van der Waals surface area (Å²) in [6, 6.07) is 0. The first-order chi connectivity index (χ1) is 8.02. The Morgan fingerprint density at radius 1 is 1.22 bits per heavy atom. The van der Waals surface area contributed by atoms with Crippen LogP contribution in [0.4, 0.5) is 31.1 Å². The Kier molecular flexibility index (Phi) is 4.99. The van der Waals surface area contributed by atoms with E-state index in [0.29, 0.717) is 6.92 Å². The number of hydrogen-bond donors (Lipinski definition) is 1. The van der Waals surface area contributed by atoms with E-state index in [1.165, 1.54) is 6.92 Å². The molecule has 0 rings (SSSR count). The van der Waals surface area contributed by atoms with Gasteiger partial charge in [-0.15, -0.1) is 0 Å². The van der Waals surface area contributed by atoms with Crippen LogP contribution in [-0.4, -0.2) is 30.2 Å². The van der Waals surface area contributed by atoms with E-state index in [9.17, 15) is 31.1 Å². The highest BCUT2D eigenvalue weighted by molar-refractivity contribution is 5.69. The van der Waals surface area contributed by atoms with Crippen molar-refractivity contribution in [1.29, 1.82) is 0 Å². The average molecular weight is 280 g/mol. The normalized spacial score (nSPS) is 13.8. The molecule has 0 aromatic heterocycles. The lowest BCUT2D eigenvalue weighted by molar-refractivity contribution is -0.305. The number of rotatable bonds is 3. The van der Waals surface area contributed by atoms with Gasteiger partial charge in [-0.3, -0.25) is 10.2 Å². The number of amides is 1. The smallest absolute Gasteiger partial charge is 0.298 e. The minimum Gasteiger partial charge on any atom is -0.298 e. The zero-order valence-electron chi connectivity index (χ0n) is 9.32. The Hall–Kier alpha value is -1.48. The lowest BCUT2D eigenvalue weighted by Gasteiger charge is -2.36. The van der Waals surface area contributed by atoms with E-state index >= 15 is 0 Å². The third-order valence-corrected chi connectivity index (χ3v) is 2.05.